The molecule has 0 aliphatic heterocycles. The van der Waals surface area contributed by atoms with Crippen LogP contribution in [-0.4, -0.2) is 26.6 Å². The average molecular weight is 305 g/mol. The van der Waals surface area contributed by atoms with Gasteiger partial charge < -0.3 is 10.1 Å². The molecule has 0 spiro atoms. The minimum absolute atomic E-state index is 0.276. The van der Waals surface area contributed by atoms with Crippen LogP contribution in [0.5, 0.6) is 0 Å². The summed E-state index contributed by atoms with van der Waals surface area (Å²) in [5.41, 5.74) is 2.70. The molecule has 0 aliphatic rings. The molecular weight excluding hydrogens is 293 g/mol. The van der Waals surface area contributed by atoms with Crippen molar-refractivity contribution in [3.05, 3.63) is 57.8 Å². The maximum absolute atomic E-state index is 12.9. The van der Waals surface area contributed by atoms with Crippen LogP contribution in [0.4, 0.5) is 10.2 Å². The van der Waals surface area contributed by atoms with Gasteiger partial charge in [-0.1, -0.05) is 12.1 Å². The number of imidazole rings is 1. The molecule has 1 aromatic carbocycles. The second-order valence-electron chi connectivity index (χ2n) is 4.36. The molecule has 2 aromatic rings. The number of benzene rings is 1. The van der Waals surface area contributed by atoms with E-state index in [2.05, 4.69) is 15.5 Å². The Labute approximate surface area is 124 Å². The third kappa shape index (κ3) is 3.72. The van der Waals surface area contributed by atoms with E-state index in [4.69, 9.17) is 0 Å². The lowest BCUT2D eigenvalue weighted by atomic mass is 10.2. The van der Waals surface area contributed by atoms with Crippen molar-refractivity contribution in [3.8, 4) is 0 Å². The van der Waals surface area contributed by atoms with Gasteiger partial charge in [0.05, 0.1) is 6.21 Å². The van der Waals surface area contributed by atoms with Crippen LogP contribution < -0.4 is 5.43 Å². The van der Waals surface area contributed by atoms with Gasteiger partial charge >= 0.3 is 5.82 Å². The number of amides is 1. The lowest BCUT2D eigenvalue weighted by Gasteiger charge is -2.01. The topological polar surface area (TPSA) is 102 Å². The Balaban J connectivity index is 1.99. The predicted molar refractivity (Wildman–Crippen MR) is 75.8 cm³/mol. The third-order valence-electron chi connectivity index (χ3n) is 2.77. The van der Waals surface area contributed by atoms with E-state index >= 15 is 0 Å². The van der Waals surface area contributed by atoms with Crippen molar-refractivity contribution in [1.82, 2.24) is 15.0 Å². The molecular formula is C13H12FN5O3. The number of carbonyl (C=O) groups excluding carboxylic acids is 1. The normalized spacial score (nSPS) is 10.8. The van der Waals surface area contributed by atoms with Crippen molar-refractivity contribution in [2.75, 3.05) is 0 Å². The number of aryl methyl sites for hydroxylation is 1. The smallest absolute Gasteiger partial charge is 0.343 e. The van der Waals surface area contributed by atoms with Gasteiger partial charge in [-0.15, -0.1) is 0 Å². The highest BCUT2D eigenvalue weighted by Crippen LogP contribution is 2.12. The minimum Gasteiger partial charge on any atom is -0.358 e. The SMILES string of the molecule is Cc1ncc([N+](=O)[O-])n1CC(=O)N/N=C\c1cccc(F)c1. The second-order valence-corrected chi connectivity index (χ2v) is 4.36. The summed E-state index contributed by atoms with van der Waals surface area (Å²) in [4.78, 5) is 25.7. The Morgan fingerprint density at radius 3 is 3.05 bits per heavy atom. The second kappa shape index (κ2) is 6.57. The first-order valence-electron chi connectivity index (χ1n) is 6.21. The lowest BCUT2D eigenvalue weighted by molar-refractivity contribution is -0.392. The van der Waals surface area contributed by atoms with Crippen LogP contribution in [0.1, 0.15) is 11.4 Å². The van der Waals surface area contributed by atoms with E-state index in [9.17, 15) is 19.3 Å². The molecule has 0 radical (unpaired) electrons. The van der Waals surface area contributed by atoms with Crippen molar-refractivity contribution in [3.63, 3.8) is 0 Å². The zero-order chi connectivity index (χ0) is 16.1. The first-order chi connectivity index (χ1) is 10.5. The third-order valence-corrected chi connectivity index (χ3v) is 2.77. The van der Waals surface area contributed by atoms with Crippen LogP contribution in [0.15, 0.2) is 35.6 Å². The Morgan fingerprint density at radius 2 is 2.36 bits per heavy atom. The molecule has 0 atom stereocenters. The molecule has 1 amide bonds. The number of carbonyl (C=O) groups is 1. The summed E-state index contributed by atoms with van der Waals surface area (Å²) in [6.45, 7) is 1.26. The van der Waals surface area contributed by atoms with Crippen LogP contribution in [0.25, 0.3) is 0 Å². The van der Waals surface area contributed by atoms with Crippen molar-refractivity contribution >= 4 is 17.9 Å². The molecule has 0 saturated carbocycles. The van der Waals surface area contributed by atoms with Gasteiger partial charge in [0.1, 0.15) is 12.0 Å². The summed E-state index contributed by atoms with van der Waals surface area (Å²) < 4.78 is 14.1. The maximum atomic E-state index is 12.9. The number of halogens is 1. The van der Waals surface area contributed by atoms with Crippen molar-refractivity contribution < 1.29 is 14.1 Å². The van der Waals surface area contributed by atoms with E-state index in [-0.39, 0.29) is 12.4 Å². The molecule has 1 N–H and O–H groups in total. The number of nitro groups is 1. The average Bonchev–Trinajstić information content (AvgIpc) is 2.80. The van der Waals surface area contributed by atoms with Gasteiger partial charge in [-0.3, -0.25) is 4.79 Å². The monoisotopic (exact) mass is 305 g/mol. The van der Waals surface area contributed by atoms with Gasteiger partial charge in [0.25, 0.3) is 5.91 Å². The molecule has 22 heavy (non-hydrogen) atoms. The van der Waals surface area contributed by atoms with Gasteiger partial charge in [-0.05, 0) is 22.6 Å². The molecule has 0 saturated heterocycles. The van der Waals surface area contributed by atoms with Crippen LogP contribution in [0, 0.1) is 22.9 Å². The van der Waals surface area contributed by atoms with Crippen LogP contribution >= 0.6 is 0 Å². The standard InChI is InChI=1S/C13H12FN5O3/c1-9-15-7-13(19(21)22)18(9)8-12(20)17-16-6-10-3-2-4-11(14)5-10/h2-7H,8H2,1H3,(H,17,20)/b16-6-. The largest absolute Gasteiger partial charge is 0.358 e. The Bertz CT molecular complexity index is 741. The summed E-state index contributed by atoms with van der Waals surface area (Å²) in [6.07, 6.45) is 2.36. The summed E-state index contributed by atoms with van der Waals surface area (Å²) in [5.74, 6) is -0.908. The van der Waals surface area contributed by atoms with E-state index in [1.807, 2.05) is 0 Å². The highest BCUT2D eigenvalue weighted by atomic mass is 19.1. The summed E-state index contributed by atoms with van der Waals surface area (Å²) in [5, 5.41) is 14.5. The Kier molecular flexibility index (Phi) is 4.57. The molecule has 0 fully saturated rings. The highest BCUT2D eigenvalue weighted by Gasteiger charge is 2.19. The molecule has 9 heteroatoms. The number of rotatable bonds is 5. The van der Waals surface area contributed by atoms with E-state index in [1.165, 1.54) is 24.4 Å². The molecule has 2 rings (SSSR count). The summed E-state index contributed by atoms with van der Waals surface area (Å²) >= 11 is 0. The zero-order valence-electron chi connectivity index (χ0n) is 11.6. The number of nitrogens with zero attached hydrogens (tertiary/aromatic N) is 4. The molecule has 0 unspecified atom stereocenters. The van der Waals surface area contributed by atoms with Gasteiger partial charge in [0.15, 0.2) is 12.4 Å². The number of hydrazone groups is 1. The molecule has 0 bridgehead atoms. The van der Waals surface area contributed by atoms with E-state index in [1.54, 1.807) is 13.0 Å². The van der Waals surface area contributed by atoms with Crippen LogP contribution in [-0.2, 0) is 11.3 Å². The Morgan fingerprint density at radius 1 is 1.59 bits per heavy atom. The quantitative estimate of drug-likeness (QED) is 0.512. The fourth-order valence-electron chi connectivity index (χ4n) is 1.74. The first-order valence-corrected chi connectivity index (χ1v) is 6.21. The number of hydrogen-bond acceptors (Lipinski definition) is 5. The van der Waals surface area contributed by atoms with Crippen LogP contribution in [0.2, 0.25) is 0 Å². The summed E-state index contributed by atoms with van der Waals surface area (Å²) in [7, 11) is 0. The fourth-order valence-corrected chi connectivity index (χ4v) is 1.74. The molecule has 1 aromatic heterocycles. The molecule has 8 nitrogen and oxygen atoms in total. The molecule has 1 heterocycles. The van der Waals surface area contributed by atoms with Crippen molar-refractivity contribution in [1.29, 1.82) is 0 Å². The van der Waals surface area contributed by atoms with E-state index < -0.39 is 16.6 Å². The zero-order valence-corrected chi connectivity index (χ0v) is 11.6. The van der Waals surface area contributed by atoms with E-state index in [0.717, 1.165) is 10.8 Å². The van der Waals surface area contributed by atoms with E-state index in [0.29, 0.717) is 11.4 Å². The minimum atomic E-state index is -0.622. The number of hydrogen-bond donors (Lipinski definition) is 1. The van der Waals surface area contributed by atoms with Crippen LogP contribution in [0.3, 0.4) is 0 Å². The number of aromatic nitrogens is 2. The van der Waals surface area contributed by atoms with Gasteiger partial charge in [-0.2, -0.15) is 5.10 Å². The van der Waals surface area contributed by atoms with Gasteiger partial charge in [-0.25, -0.2) is 19.4 Å². The molecule has 0 aliphatic carbocycles. The highest BCUT2D eigenvalue weighted by molar-refractivity contribution is 5.82. The molecule has 114 valence electrons. The fraction of sp³-hybridized carbons (Fsp3) is 0.154. The Hall–Kier alpha value is -3.10. The van der Waals surface area contributed by atoms with Gasteiger partial charge in [0, 0.05) is 6.92 Å². The van der Waals surface area contributed by atoms with Crippen molar-refractivity contribution in [2.45, 2.75) is 13.5 Å². The lowest BCUT2D eigenvalue weighted by Crippen LogP contribution is -2.24. The van der Waals surface area contributed by atoms with Crippen molar-refractivity contribution in [2.24, 2.45) is 5.10 Å². The number of nitrogens with one attached hydrogen (secondary N) is 1. The predicted octanol–water partition coefficient (Wildman–Crippen LogP) is 1.39. The summed E-state index contributed by atoms with van der Waals surface area (Å²) in [6, 6.07) is 5.66. The maximum Gasteiger partial charge on any atom is 0.343 e. The first kappa shape index (κ1) is 15.3. The van der Waals surface area contributed by atoms with Gasteiger partial charge in [0.2, 0.25) is 0 Å².